The van der Waals surface area contributed by atoms with E-state index in [1.807, 2.05) is 0 Å². The van der Waals surface area contributed by atoms with E-state index in [2.05, 4.69) is 5.32 Å². The second-order valence-corrected chi connectivity index (χ2v) is 5.54. The van der Waals surface area contributed by atoms with Gasteiger partial charge < -0.3 is 10.4 Å². The molecule has 1 fully saturated rings. The highest BCUT2D eigenvalue weighted by Crippen LogP contribution is 2.18. The van der Waals surface area contributed by atoms with Crippen LogP contribution in [0.4, 0.5) is 0 Å². The second kappa shape index (κ2) is 3.63. The lowest BCUT2D eigenvalue weighted by Gasteiger charge is -2.14. The van der Waals surface area contributed by atoms with Gasteiger partial charge in [0.15, 0.2) is 9.84 Å². The van der Waals surface area contributed by atoms with Crippen LogP contribution >= 0.6 is 0 Å². The first-order valence-corrected chi connectivity index (χ1v) is 5.87. The zero-order chi connectivity index (χ0) is 10.1. The number of carbonyl (C=O) groups is 1. The van der Waals surface area contributed by atoms with Crippen LogP contribution in [0.15, 0.2) is 0 Å². The van der Waals surface area contributed by atoms with Crippen molar-refractivity contribution in [1.29, 1.82) is 0 Å². The highest BCUT2D eigenvalue weighted by Gasteiger charge is 2.35. The summed E-state index contributed by atoms with van der Waals surface area (Å²) in [7, 11) is -2.99. The van der Waals surface area contributed by atoms with Gasteiger partial charge in [0, 0.05) is 6.04 Å². The fraction of sp³-hybridized carbons (Fsp3) is 0.857. The molecular weight excluding hydrogens is 194 g/mol. The average molecular weight is 207 g/mol. The molecule has 0 radical (unpaired) electrons. The number of hydrogen-bond acceptors (Lipinski definition) is 4. The van der Waals surface area contributed by atoms with E-state index in [-0.39, 0.29) is 23.5 Å². The van der Waals surface area contributed by atoms with Gasteiger partial charge in [-0.25, -0.2) is 8.42 Å². The lowest BCUT2D eigenvalue weighted by molar-refractivity contribution is -0.124. The van der Waals surface area contributed by atoms with Crippen molar-refractivity contribution < 1.29 is 18.3 Å². The molecule has 1 aliphatic rings. The van der Waals surface area contributed by atoms with Crippen molar-refractivity contribution in [3.8, 4) is 0 Å². The number of amides is 1. The first-order valence-electron chi connectivity index (χ1n) is 4.05. The van der Waals surface area contributed by atoms with Crippen LogP contribution in [0.25, 0.3) is 0 Å². The zero-order valence-corrected chi connectivity index (χ0v) is 8.17. The smallest absolute Gasteiger partial charge is 0.245 e. The van der Waals surface area contributed by atoms with Crippen molar-refractivity contribution in [2.45, 2.75) is 13.0 Å². The predicted octanol–water partition coefficient (Wildman–Crippen LogP) is -1.47. The summed E-state index contributed by atoms with van der Waals surface area (Å²) in [6.07, 6.45) is 0. The molecule has 5 nitrogen and oxygen atoms in total. The van der Waals surface area contributed by atoms with Gasteiger partial charge in [-0.3, -0.25) is 4.79 Å². The maximum absolute atomic E-state index is 11.1. The van der Waals surface area contributed by atoms with Crippen molar-refractivity contribution in [3.05, 3.63) is 0 Å². The summed E-state index contributed by atoms with van der Waals surface area (Å²) in [4.78, 5) is 10.8. The molecule has 0 aromatic rings. The van der Waals surface area contributed by atoms with Gasteiger partial charge in [-0.2, -0.15) is 0 Å². The molecule has 76 valence electrons. The molecule has 2 atom stereocenters. The molecule has 1 saturated heterocycles. The number of aliphatic hydroxyl groups excluding tert-OH is 1. The minimum absolute atomic E-state index is 0.0140. The highest BCUT2D eigenvalue weighted by molar-refractivity contribution is 7.91. The van der Waals surface area contributed by atoms with E-state index < -0.39 is 22.4 Å². The monoisotopic (exact) mass is 207 g/mol. The van der Waals surface area contributed by atoms with Crippen molar-refractivity contribution in [3.63, 3.8) is 0 Å². The van der Waals surface area contributed by atoms with Crippen LogP contribution in [0.5, 0.6) is 0 Å². The lowest BCUT2D eigenvalue weighted by atomic mass is 10.1. The van der Waals surface area contributed by atoms with Crippen LogP contribution in [0.2, 0.25) is 0 Å². The van der Waals surface area contributed by atoms with Gasteiger partial charge >= 0.3 is 0 Å². The summed E-state index contributed by atoms with van der Waals surface area (Å²) in [6, 6.07) is -0.343. The fourth-order valence-corrected chi connectivity index (χ4v) is 3.59. The largest absolute Gasteiger partial charge is 0.387 e. The minimum atomic E-state index is -2.99. The zero-order valence-electron chi connectivity index (χ0n) is 7.36. The van der Waals surface area contributed by atoms with Gasteiger partial charge in [-0.05, 0) is 5.92 Å². The van der Waals surface area contributed by atoms with Crippen molar-refractivity contribution in [2.24, 2.45) is 5.92 Å². The van der Waals surface area contributed by atoms with Gasteiger partial charge in [0.2, 0.25) is 5.91 Å². The van der Waals surface area contributed by atoms with E-state index in [4.69, 9.17) is 5.11 Å². The SMILES string of the molecule is C[C@H]1CS(=O)(=O)C[C@H]1NC(=O)CO. The molecule has 2 N–H and O–H groups in total. The molecule has 6 heteroatoms. The van der Waals surface area contributed by atoms with Crippen LogP contribution in [0.3, 0.4) is 0 Å². The third kappa shape index (κ3) is 2.67. The number of rotatable bonds is 2. The van der Waals surface area contributed by atoms with Gasteiger partial charge in [-0.15, -0.1) is 0 Å². The Bertz CT molecular complexity index is 298. The third-order valence-electron chi connectivity index (χ3n) is 2.13. The minimum Gasteiger partial charge on any atom is -0.387 e. The molecule has 13 heavy (non-hydrogen) atoms. The quantitative estimate of drug-likeness (QED) is 0.579. The Morgan fingerprint density at radius 3 is 2.54 bits per heavy atom. The summed E-state index contributed by atoms with van der Waals surface area (Å²) in [5.74, 6) is -0.488. The topological polar surface area (TPSA) is 83.5 Å². The summed E-state index contributed by atoms with van der Waals surface area (Å²) >= 11 is 0. The highest BCUT2D eigenvalue weighted by atomic mass is 32.2. The average Bonchev–Trinajstić information content (AvgIpc) is 2.24. The first-order chi connectivity index (χ1) is 5.94. The Hall–Kier alpha value is -0.620. The van der Waals surface area contributed by atoms with Crippen LogP contribution in [-0.4, -0.2) is 43.6 Å². The molecule has 1 amide bonds. The second-order valence-electron chi connectivity index (χ2n) is 3.39. The normalized spacial score (nSPS) is 31.5. The number of carbonyl (C=O) groups excluding carboxylic acids is 1. The first kappa shape index (κ1) is 10.5. The molecule has 0 aromatic heterocycles. The van der Waals surface area contributed by atoms with Gasteiger partial charge in [0.05, 0.1) is 11.5 Å². The Morgan fingerprint density at radius 1 is 1.54 bits per heavy atom. The number of sulfone groups is 1. The van der Waals surface area contributed by atoms with Crippen molar-refractivity contribution in [1.82, 2.24) is 5.32 Å². The van der Waals surface area contributed by atoms with Crippen LogP contribution in [0.1, 0.15) is 6.92 Å². The molecule has 1 heterocycles. The van der Waals surface area contributed by atoms with Crippen molar-refractivity contribution in [2.75, 3.05) is 18.1 Å². The summed E-state index contributed by atoms with van der Waals surface area (Å²) < 4.78 is 22.2. The van der Waals surface area contributed by atoms with E-state index in [0.29, 0.717) is 0 Å². The summed E-state index contributed by atoms with van der Waals surface area (Å²) in [6.45, 7) is 1.18. The molecule has 1 aliphatic heterocycles. The van der Waals surface area contributed by atoms with E-state index in [0.717, 1.165) is 0 Å². The number of nitrogens with one attached hydrogen (secondary N) is 1. The Kier molecular flexibility index (Phi) is 2.92. The number of hydrogen-bond donors (Lipinski definition) is 2. The Balaban J connectivity index is 2.59. The molecule has 0 spiro atoms. The van der Waals surface area contributed by atoms with E-state index in [1.54, 1.807) is 6.92 Å². The molecular formula is C7H13NO4S. The van der Waals surface area contributed by atoms with Gasteiger partial charge in [0.25, 0.3) is 0 Å². The van der Waals surface area contributed by atoms with Gasteiger partial charge in [0.1, 0.15) is 6.61 Å². The van der Waals surface area contributed by atoms with Crippen LogP contribution in [0, 0.1) is 5.92 Å². The summed E-state index contributed by atoms with van der Waals surface area (Å²) in [5.41, 5.74) is 0. The van der Waals surface area contributed by atoms with Crippen LogP contribution in [-0.2, 0) is 14.6 Å². The summed E-state index contributed by atoms with van der Waals surface area (Å²) in [5, 5.41) is 10.9. The standard InChI is InChI=1S/C7H13NO4S/c1-5-3-13(11,12)4-6(5)8-7(10)2-9/h5-6,9H,2-4H2,1H3,(H,8,10)/t5-,6+/m0/s1. The van der Waals surface area contributed by atoms with E-state index in [1.165, 1.54) is 0 Å². The predicted molar refractivity (Wildman–Crippen MR) is 46.8 cm³/mol. The molecule has 0 saturated carbocycles. The number of aliphatic hydroxyl groups is 1. The van der Waals surface area contributed by atoms with E-state index >= 15 is 0 Å². The molecule has 0 bridgehead atoms. The van der Waals surface area contributed by atoms with E-state index in [9.17, 15) is 13.2 Å². The molecule has 0 aliphatic carbocycles. The van der Waals surface area contributed by atoms with Gasteiger partial charge in [-0.1, -0.05) is 6.92 Å². The molecule has 0 unspecified atom stereocenters. The van der Waals surface area contributed by atoms with Crippen molar-refractivity contribution >= 4 is 15.7 Å². The maximum Gasteiger partial charge on any atom is 0.245 e. The lowest BCUT2D eigenvalue weighted by Crippen LogP contribution is -2.40. The maximum atomic E-state index is 11.1. The third-order valence-corrected chi connectivity index (χ3v) is 4.03. The fourth-order valence-electron chi connectivity index (χ4n) is 1.46. The molecule has 0 aromatic carbocycles. The Morgan fingerprint density at radius 2 is 2.15 bits per heavy atom. The van der Waals surface area contributed by atoms with Crippen LogP contribution < -0.4 is 5.32 Å². The Labute approximate surface area is 77.1 Å². The molecule has 1 rings (SSSR count).